The zero-order valence-electron chi connectivity index (χ0n) is 12.4. The van der Waals surface area contributed by atoms with Gasteiger partial charge in [0, 0.05) is 30.9 Å². The van der Waals surface area contributed by atoms with Crippen molar-refractivity contribution in [2.45, 2.75) is 26.7 Å². The van der Waals surface area contributed by atoms with E-state index in [-0.39, 0.29) is 12.5 Å². The molecule has 0 saturated heterocycles. The normalized spacial score (nSPS) is 10.8. The highest BCUT2D eigenvalue weighted by Gasteiger charge is 2.09. The van der Waals surface area contributed by atoms with Crippen LogP contribution in [0.3, 0.4) is 0 Å². The summed E-state index contributed by atoms with van der Waals surface area (Å²) in [5.41, 5.74) is 8.14. The Hall–Kier alpha value is -1.59. The number of hydrogen-bond acceptors (Lipinski definition) is 4. The molecule has 1 amide bonds. The fourth-order valence-corrected chi connectivity index (χ4v) is 2.05. The molecule has 0 spiro atoms. The minimum absolute atomic E-state index is 0.0299. The van der Waals surface area contributed by atoms with Crippen molar-refractivity contribution in [3.05, 3.63) is 23.8 Å². The van der Waals surface area contributed by atoms with Crippen LogP contribution < -0.4 is 11.1 Å². The number of rotatable bonds is 8. The monoisotopic (exact) mass is 279 g/mol. The minimum Gasteiger partial charge on any atom is -0.398 e. The van der Waals surface area contributed by atoms with Crippen LogP contribution in [0.4, 0.5) is 11.4 Å². The highest BCUT2D eigenvalue weighted by atomic mass is 16.3. The Labute approximate surface area is 120 Å². The number of nitrogens with one attached hydrogen (secondary N) is 1. The molecule has 0 radical (unpaired) electrons. The lowest BCUT2D eigenvalue weighted by atomic mass is 10.1. The van der Waals surface area contributed by atoms with Gasteiger partial charge in [0.05, 0.1) is 6.61 Å². The van der Waals surface area contributed by atoms with Crippen molar-refractivity contribution in [3.8, 4) is 0 Å². The molecule has 112 valence electrons. The van der Waals surface area contributed by atoms with E-state index in [2.05, 4.69) is 17.1 Å². The lowest BCUT2D eigenvalue weighted by Crippen LogP contribution is -2.31. The summed E-state index contributed by atoms with van der Waals surface area (Å²) in [6, 6.07) is 5.49. The minimum atomic E-state index is -0.0299. The third-order valence-corrected chi connectivity index (χ3v) is 3.26. The summed E-state index contributed by atoms with van der Waals surface area (Å²) in [4.78, 5) is 14.0. The van der Waals surface area contributed by atoms with E-state index in [1.165, 1.54) is 0 Å². The van der Waals surface area contributed by atoms with Gasteiger partial charge in [-0.15, -0.1) is 0 Å². The average molecular weight is 279 g/mol. The van der Waals surface area contributed by atoms with Crippen molar-refractivity contribution in [1.29, 1.82) is 0 Å². The molecule has 0 atom stereocenters. The average Bonchev–Trinajstić information content (AvgIpc) is 2.42. The number of hydrogen-bond donors (Lipinski definition) is 3. The van der Waals surface area contributed by atoms with E-state index in [1.54, 1.807) is 0 Å². The number of carbonyl (C=O) groups is 1. The largest absolute Gasteiger partial charge is 0.398 e. The van der Waals surface area contributed by atoms with Crippen LogP contribution in [0.1, 0.15) is 25.3 Å². The van der Waals surface area contributed by atoms with E-state index < -0.39 is 0 Å². The molecule has 1 rings (SSSR count). The first-order chi connectivity index (χ1) is 9.58. The molecule has 0 aliphatic rings. The SMILES string of the molecule is CCCN(CCO)CCC(=O)Nc1cccc(N)c1C. The number of nitrogens with two attached hydrogens (primary N) is 1. The van der Waals surface area contributed by atoms with Gasteiger partial charge in [0.25, 0.3) is 0 Å². The predicted molar refractivity (Wildman–Crippen MR) is 82.7 cm³/mol. The summed E-state index contributed by atoms with van der Waals surface area (Å²) >= 11 is 0. The molecule has 0 aliphatic heterocycles. The highest BCUT2D eigenvalue weighted by Crippen LogP contribution is 2.20. The Morgan fingerprint density at radius 2 is 2.10 bits per heavy atom. The van der Waals surface area contributed by atoms with Crippen LogP contribution in [-0.4, -0.2) is 42.2 Å². The van der Waals surface area contributed by atoms with Gasteiger partial charge < -0.3 is 21.1 Å². The molecule has 0 bridgehead atoms. The van der Waals surface area contributed by atoms with Crippen LogP contribution in [0.25, 0.3) is 0 Å². The van der Waals surface area contributed by atoms with E-state index in [0.29, 0.717) is 25.2 Å². The predicted octanol–water partition coefficient (Wildman–Crippen LogP) is 1.61. The number of amides is 1. The van der Waals surface area contributed by atoms with Crippen molar-refractivity contribution in [2.75, 3.05) is 37.3 Å². The molecular weight excluding hydrogens is 254 g/mol. The summed E-state index contributed by atoms with van der Waals surface area (Å²) in [6.45, 7) is 6.25. The van der Waals surface area contributed by atoms with Crippen LogP contribution in [0, 0.1) is 6.92 Å². The van der Waals surface area contributed by atoms with E-state index >= 15 is 0 Å². The van der Waals surface area contributed by atoms with Gasteiger partial charge >= 0.3 is 0 Å². The topological polar surface area (TPSA) is 78.6 Å². The van der Waals surface area contributed by atoms with Crippen molar-refractivity contribution in [2.24, 2.45) is 0 Å². The van der Waals surface area contributed by atoms with Crippen molar-refractivity contribution >= 4 is 17.3 Å². The first-order valence-corrected chi connectivity index (χ1v) is 7.06. The van der Waals surface area contributed by atoms with Crippen LogP contribution in [0.2, 0.25) is 0 Å². The molecule has 20 heavy (non-hydrogen) atoms. The maximum absolute atomic E-state index is 11.9. The van der Waals surface area contributed by atoms with Gasteiger partial charge in [-0.1, -0.05) is 13.0 Å². The lowest BCUT2D eigenvalue weighted by molar-refractivity contribution is -0.116. The second-order valence-electron chi connectivity index (χ2n) is 4.88. The number of nitrogens with zero attached hydrogens (tertiary/aromatic N) is 1. The number of aliphatic hydroxyl groups is 1. The molecule has 5 nitrogen and oxygen atoms in total. The maximum atomic E-state index is 11.9. The third-order valence-electron chi connectivity index (χ3n) is 3.26. The fourth-order valence-electron chi connectivity index (χ4n) is 2.05. The first kappa shape index (κ1) is 16.5. The molecule has 0 aliphatic carbocycles. The number of nitrogen functional groups attached to an aromatic ring is 1. The fraction of sp³-hybridized carbons (Fsp3) is 0.533. The summed E-state index contributed by atoms with van der Waals surface area (Å²) in [7, 11) is 0. The van der Waals surface area contributed by atoms with E-state index in [9.17, 15) is 4.79 Å². The molecule has 0 heterocycles. The lowest BCUT2D eigenvalue weighted by Gasteiger charge is -2.20. The zero-order valence-corrected chi connectivity index (χ0v) is 12.4. The molecule has 1 aromatic carbocycles. The Balaban J connectivity index is 2.48. The van der Waals surface area contributed by atoms with Crippen LogP contribution >= 0.6 is 0 Å². The first-order valence-electron chi connectivity index (χ1n) is 7.06. The number of carbonyl (C=O) groups excluding carboxylic acids is 1. The van der Waals surface area contributed by atoms with Gasteiger partial charge in [0.2, 0.25) is 5.91 Å². The third kappa shape index (κ3) is 5.19. The van der Waals surface area contributed by atoms with Gasteiger partial charge in [-0.25, -0.2) is 0 Å². The maximum Gasteiger partial charge on any atom is 0.225 e. The standard InChI is InChI=1S/C15H25N3O2/c1-3-8-18(10-11-19)9-7-15(20)17-14-6-4-5-13(16)12(14)2/h4-6,19H,3,7-11,16H2,1-2H3,(H,17,20). The van der Waals surface area contributed by atoms with Gasteiger partial charge in [0.1, 0.15) is 0 Å². The molecule has 0 fully saturated rings. The van der Waals surface area contributed by atoms with E-state index in [4.69, 9.17) is 10.8 Å². The number of aliphatic hydroxyl groups excluding tert-OH is 1. The van der Waals surface area contributed by atoms with Crippen molar-refractivity contribution in [1.82, 2.24) is 4.90 Å². The Morgan fingerprint density at radius 3 is 2.75 bits per heavy atom. The van der Waals surface area contributed by atoms with Crippen LogP contribution in [0.5, 0.6) is 0 Å². The van der Waals surface area contributed by atoms with Gasteiger partial charge in [-0.05, 0) is 37.6 Å². The van der Waals surface area contributed by atoms with Gasteiger partial charge in [0.15, 0.2) is 0 Å². The van der Waals surface area contributed by atoms with E-state index in [0.717, 1.165) is 24.2 Å². The second kappa shape index (κ2) is 8.55. The Kier molecular flexibility index (Phi) is 7.04. The zero-order chi connectivity index (χ0) is 15.0. The number of benzene rings is 1. The van der Waals surface area contributed by atoms with Crippen LogP contribution in [0.15, 0.2) is 18.2 Å². The van der Waals surface area contributed by atoms with E-state index in [1.807, 2.05) is 25.1 Å². The molecule has 5 heteroatoms. The Morgan fingerprint density at radius 1 is 1.35 bits per heavy atom. The molecule has 0 saturated carbocycles. The second-order valence-corrected chi connectivity index (χ2v) is 4.88. The summed E-state index contributed by atoms with van der Waals surface area (Å²) in [6.07, 6.45) is 1.42. The van der Waals surface area contributed by atoms with Gasteiger partial charge in [-0.2, -0.15) is 0 Å². The summed E-state index contributed by atoms with van der Waals surface area (Å²) in [5, 5.41) is 11.9. The van der Waals surface area contributed by atoms with Crippen molar-refractivity contribution < 1.29 is 9.90 Å². The summed E-state index contributed by atoms with van der Waals surface area (Å²) in [5.74, 6) is -0.0299. The smallest absolute Gasteiger partial charge is 0.225 e. The quantitative estimate of drug-likeness (QED) is 0.632. The number of anilines is 2. The van der Waals surface area contributed by atoms with Gasteiger partial charge in [-0.3, -0.25) is 4.79 Å². The van der Waals surface area contributed by atoms with Crippen LogP contribution in [-0.2, 0) is 4.79 Å². The molecule has 0 aromatic heterocycles. The molecule has 0 unspecified atom stereocenters. The molecule has 4 N–H and O–H groups in total. The molecule has 1 aromatic rings. The highest BCUT2D eigenvalue weighted by molar-refractivity contribution is 5.92. The summed E-state index contributed by atoms with van der Waals surface area (Å²) < 4.78 is 0. The Bertz CT molecular complexity index is 429. The van der Waals surface area contributed by atoms with Crippen molar-refractivity contribution in [3.63, 3.8) is 0 Å². The molecular formula is C15H25N3O2.